The molecule has 0 bridgehead atoms. The summed E-state index contributed by atoms with van der Waals surface area (Å²) in [6, 6.07) is 1.72. The first-order valence-electron chi connectivity index (χ1n) is 5.99. The molecule has 5 nitrogen and oxygen atoms in total. The third kappa shape index (κ3) is 3.91. The van der Waals surface area contributed by atoms with Gasteiger partial charge in [0.25, 0.3) is 5.91 Å². The van der Waals surface area contributed by atoms with E-state index in [0.29, 0.717) is 24.3 Å². The van der Waals surface area contributed by atoms with Crippen molar-refractivity contribution in [2.24, 2.45) is 0 Å². The first kappa shape index (κ1) is 14.3. The van der Waals surface area contributed by atoms with Crippen LogP contribution in [0, 0.1) is 6.92 Å². The number of carboxylic acid groups (broad SMARTS) is 1. The Bertz CT molecular complexity index is 422. The molecule has 5 heteroatoms. The molecule has 0 saturated carbocycles. The van der Waals surface area contributed by atoms with Crippen LogP contribution in [0.1, 0.15) is 42.8 Å². The molecule has 1 amide bonds. The molecule has 0 spiro atoms. The summed E-state index contributed by atoms with van der Waals surface area (Å²) in [6.07, 6.45) is 1.96. The lowest BCUT2D eigenvalue weighted by atomic mass is 10.2. The lowest BCUT2D eigenvalue weighted by Crippen LogP contribution is -2.37. The van der Waals surface area contributed by atoms with E-state index in [-0.39, 0.29) is 18.4 Å². The lowest BCUT2D eigenvalue weighted by molar-refractivity contribution is -0.137. The van der Waals surface area contributed by atoms with Gasteiger partial charge in [-0.15, -0.1) is 0 Å². The van der Waals surface area contributed by atoms with Crippen LogP contribution in [-0.2, 0) is 4.79 Å². The summed E-state index contributed by atoms with van der Waals surface area (Å²) in [4.78, 5) is 24.3. The molecule has 0 unspecified atom stereocenters. The highest BCUT2D eigenvalue weighted by Crippen LogP contribution is 2.13. The normalized spacial score (nSPS) is 10.7. The number of carboxylic acids is 1. The zero-order chi connectivity index (χ0) is 13.7. The highest BCUT2D eigenvalue weighted by atomic mass is 16.4. The maximum absolute atomic E-state index is 12.2. The van der Waals surface area contributed by atoms with E-state index in [2.05, 4.69) is 0 Å². The maximum Gasteiger partial charge on any atom is 0.303 e. The van der Waals surface area contributed by atoms with E-state index in [0.717, 1.165) is 0 Å². The van der Waals surface area contributed by atoms with Crippen molar-refractivity contribution in [3.63, 3.8) is 0 Å². The molecular weight excluding hydrogens is 234 g/mol. The first-order valence-corrected chi connectivity index (χ1v) is 5.99. The molecule has 100 valence electrons. The Labute approximate surface area is 106 Å². The molecule has 1 rings (SSSR count). The van der Waals surface area contributed by atoms with Gasteiger partial charge >= 0.3 is 5.97 Å². The number of rotatable bonds is 6. The third-order valence-electron chi connectivity index (χ3n) is 2.65. The van der Waals surface area contributed by atoms with Crippen LogP contribution < -0.4 is 0 Å². The molecule has 1 aromatic rings. The van der Waals surface area contributed by atoms with Gasteiger partial charge in [-0.3, -0.25) is 9.59 Å². The predicted molar refractivity (Wildman–Crippen MR) is 66.5 cm³/mol. The van der Waals surface area contributed by atoms with Crippen LogP contribution >= 0.6 is 0 Å². The molecule has 0 radical (unpaired) electrons. The number of nitrogens with zero attached hydrogens (tertiary/aromatic N) is 1. The van der Waals surface area contributed by atoms with Gasteiger partial charge in [-0.1, -0.05) is 0 Å². The summed E-state index contributed by atoms with van der Waals surface area (Å²) in [5.41, 5.74) is 0.511. The van der Waals surface area contributed by atoms with Gasteiger partial charge in [-0.05, 0) is 33.3 Å². The summed E-state index contributed by atoms with van der Waals surface area (Å²) in [7, 11) is 0. The van der Waals surface area contributed by atoms with Crippen molar-refractivity contribution in [1.29, 1.82) is 0 Å². The van der Waals surface area contributed by atoms with Gasteiger partial charge in [-0.2, -0.15) is 0 Å². The summed E-state index contributed by atoms with van der Waals surface area (Å²) in [6.45, 7) is 6.03. The number of carbonyl (C=O) groups excluding carboxylic acids is 1. The summed E-state index contributed by atoms with van der Waals surface area (Å²) in [5.74, 6) is -0.273. The van der Waals surface area contributed by atoms with Gasteiger partial charge in [-0.25, -0.2) is 0 Å². The minimum atomic E-state index is -0.842. The lowest BCUT2D eigenvalue weighted by Gasteiger charge is -2.26. The highest BCUT2D eigenvalue weighted by molar-refractivity contribution is 5.94. The second kappa shape index (κ2) is 6.23. The molecule has 1 heterocycles. The van der Waals surface area contributed by atoms with Gasteiger partial charge < -0.3 is 14.4 Å². The molecule has 1 aromatic heterocycles. The first-order chi connectivity index (χ1) is 8.41. The third-order valence-corrected chi connectivity index (χ3v) is 2.65. The molecule has 1 N–H and O–H groups in total. The summed E-state index contributed by atoms with van der Waals surface area (Å²) >= 11 is 0. The fraction of sp³-hybridized carbons (Fsp3) is 0.538. The molecule has 0 fully saturated rings. The van der Waals surface area contributed by atoms with Crippen LogP contribution in [0.2, 0.25) is 0 Å². The summed E-state index contributed by atoms with van der Waals surface area (Å²) < 4.78 is 5.12. The molecule has 0 aromatic carbocycles. The van der Waals surface area contributed by atoms with Crippen molar-refractivity contribution >= 4 is 11.9 Å². The van der Waals surface area contributed by atoms with Crippen molar-refractivity contribution in [1.82, 2.24) is 4.90 Å². The Morgan fingerprint density at radius 3 is 2.56 bits per heavy atom. The second-order valence-corrected chi connectivity index (χ2v) is 4.54. The van der Waals surface area contributed by atoms with Crippen molar-refractivity contribution in [2.75, 3.05) is 6.54 Å². The van der Waals surface area contributed by atoms with Crippen molar-refractivity contribution in [3.05, 3.63) is 23.7 Å². The fourth-order valence-electron chi connectivity index (χ4n) is 1.72. The average Bonchev–Trinajstić information content (AvgIpc) is 2.69. The van der Waals surface area contributed by atoms with E-state index < -0.39 is 5.97 Å². The van der Waals surface area contributed by atoms with E-state index in [1.54, 1.807) is 17.9 Å². The van der Waals surface area contributed by atoms with Gasteiger partial charge in [0.05, 0.1) is 5.56 Å². The minimum absolute atomic E-state index is 0.0292. The van der Waals surface area contributed by atoms with E-state index in [1.165, 1.54) is 6.26 Å². The number of hydrogen-bond donors (Lipinski definition) is 1. The molecule has 0 aliphatic carbocycles. The van der Waals surface area contributed by atoms with Crippen LogP contribution in [0.25, 0.3) is 0 Å². The molecule has 0 aliphatic heterocycles. The Kier molecular flexibility index (Phi) is 4.95. The second-order valence-electron chi connectivity index (χ2n) is 4.54. The zero-order valence-corrected chi connectivity index (χ0v) is 11.0. The number of aliphatic carboxylic acids is 1. The van der Waals surface area contributed by atoms with Crippen molar-refractivity contribution in [2.45, 2.75) is 39.7 Å². The summed E-state index contributed by atoms with van der Waals surface area (Å²) in [5, 5.41) is 8.61. The highest BCUT2D eigenvalue weighted by Gasteiger charge is 2.20. The van der Waals surface area contributed by atoms with Crippen molar-refractivity contribution in [3.8, 4) is 0 Å². The quantitative estimate of drug-likeness (QED) is 0.844. The van der Waals surface area contributed by atoms with Gasteiger partial charge in [0.15, 0.2) is 0 Å². The number of aryl methyl sites for hydroxylation is 1. The van der Waals surface area contributed by atoms with Crippen LogP contribution in [0.15, 0.2) is 16.7 Å². The Morgan fingerprint density at radius 2 is 2.11 bits per heavy atom. The predicted octanol–water partition coefficient (Wildman–Crippen LogP) is 2.30. The van der Waals surface area contributed by atoms with E-state index in [9.17, 15) is 9.59 Å². The molecule has 18 heavy (non-hydrogen) atoms. The van der Waals surface area contributed by atoms with Crippen LogP contribution in [0.4, 0.5) is 0 Å². The molecule has 0 saturated heterocycles. The standard InChI is InChI=1S/C13H19NO4/c1-9(2)14(6-4-5-12(15)16)13(17)11-7-10(3)18-8-11/h7-9H,4-6H2,1-3H3,(H,15,16). The average molecular weight is 253 g/mol. The van der Waals surface area contributed by atoms with Gasteiger partial charge in [0, 0.05) is 19.0 Å². The topological polar surface area (TPSA) is 70.8 Å². The SMILES string of the molecule is Cc1cc(C(=O)N(CCCC(=O)O)C(C)C)co1. The van der Waals surface area contributed by atoms with Crippen LogP contribution in [0.3, 0.4) is 0 Å². The monoisotopic (exact) mass is 253 g/mol. The number of furan rings is 1. The van der Waals surface area contributed by atoms with E-state index >= 15 is 0 Å². The van der Waals surface area contributed by atoms with Gasteiger partial charge in [0.1, 0.15) is 12.0 Å². The van der Waals surface area contributed by atoms with Crippen LogP contribution in [0.5, 0.6) is 0 Å². The number of carbonyl (C=O) groups is 2. The largest absolute Gasteiger partial charge is 0.481 e. The Hall–Kier alpha value is -1.78. The fourth-order valence-corrected chi connectivity index (χ4v) is 1.72. The minimum Gasteiger partial charge on any atom is -0.481 e. The molecule has 0 atom stereocenters. The van der Waals surface area contributed by atoms with E-state index in [1.807, 2.05) is 13.8 Å². The zero-order valence-electron chi connectivity index (χ0n) is 11.0. The van der Waals surface area contributed by atoms with E-state index in [4.69, 9.17) is 9.52 Å². The number of hydrogen-bond acceptors (Lipinski definition) is 3. The van der Waals surface area contributed by atoms with Gasteiger partial charge in [0.2, 0.25) is 0 Å². The Morgan fingerprint density at radius 1 is 1.44 bits per heavy atom. The molecular formula is C13H19NO4. The molecule has 0 aliphatic rings. The maximum atomic E-state index is 12.2. The van der Waals surface area contributed by atoms with Crippen molar-refractivity contribution < 1.29 is 19.1 Å². The van der Waals surface area contributed by atoms with Crippen LogP contribution in [-0.4, -0.2) is 34.5 Å². The smallest absolute Gasteiger partial charge is 0.303 e. The Balaban J connectivity index is 2.67. The number of amides is 1.